The van der Waals surface area contributed by atoms with Crippen LogP contribution in [0.5, 0.6) is 5.75 Å². The molecule has 0 amide bonds. The fraction of sp³-hybridized carbons (Fsp3) is 0.353. The second-order valence-corrected chi connectivity index (χ2v) is 5.29. The number of hydrogen-bond donors (Lipinski definition) is 1. The lowest BCUT2D eigenvalue weighted by Crippen LogP contribution is -2.12. The molecule has 4 heteroatoms. The minimum atomic E-state index is -0.987. The van der Waals surface area contributed by atoms with Gasteiger partial charge in [-0.05, 0) is 17.4 Å². The number of benzene rings is 2. The van der Waals surface area contributed by atoms with Crippen LogP contribution in [0.15, 0.2) is 36.4 Å². The van der Waals surface area contributed by atoms with Gasteiger partial charge in [-0.1, -0.05) is 44.2 Å². The van der Waals surface area contributed by atoms with Crippen LogP contribution in [0.3, 0.4) is 0 Å². The van der Waals surface area contributed by atoms with Crippen LogP contribution in [0.1, 0.15) is 24.2 Å². The molecule has 0 aliphatic carbocycles. The van der Waals surface area contributed by atoms with E-state index in [-0.39, 0.29) is 5.56 Å². The van der Waals surface area contributed by atoms with E-state index in [1.165, 1.54) is 0 Å². The second-order valence-electron chi connectivity index (χ2n) is 5.29. The lowest BCUT2D eigenvalue weighted by molar-refractivity contribution is 0.0679. The molecular weight excluding hydrogens is 268 g/mol. The third-order valence-corrected chi connectivity index (χ3v) is 3.04. The molecule has 0 spiro atoms. The quantitative estimate of drug-likeness (QED) is 0.791. The summed E-state index contributed by atoms with van der Waals surface area (Å²) < 4.78 is 11.1. The van der Waals surface area contributed by atoms with E-state index >= 15 is 0 Å². The molecule has 0 unspecified atom stereocenters. The van der Waals surface area contributed by atoms with Gasteiger partial charge < -0.3 is 14.6 Å². The molecule has 0 aliphatic rings. The monoisotopic (exact) mass is 288 g/mol. The average Bonchev–Trinajstić information content (AvgIpc) is 2.46. The molecule has 21 heavy (non-hydrogen) atoms. The minimum absolute atomic E-state index is 0.178. The van der Waals surface area contributed by atoms with Crippen molar-refractivity contribution in [2.75, 3.05) is 19.8 Å². The van der Waals surface area contributed by atoms with Crippen LogP contribution in [-0.2, 0) is 4.74 Å². The number of carboxylic acid groups (broad SMARTS) is 1. The molecule has 2 aromatic carbocycles. The highest BCUT2D eigenvalue weighted by Crippen LogP contribution is 2.29. The lowest BCUT2D eigenvalue weighted by atomic mass is 10.1. The smallest absolute Gasteiger partial charge is 0.339 e. The molecular formula is C17H20O4. The Morgan fingerprint density at radius 1 is 1.14 bits per heavy atom. The van der Waals surface area contributed by atoms with Gasteiger partial charge in [0, 0.05) is 12.0 Å². The molecule has 0 aromatic heterocycles. The number of carboxylic acids is 1. The Kier molecular flexibility index (Phi) is 5.17. The summed E-state index contributed by atoms with van der Waals surface area (Å²) in [6.45, 7) is 5.61. The maximum atomic E-state index is 11.3. The van der Waals surface area contributed by atoms with E-state index in [1.54, 1.807) is 12.1 Å². The zero-order chi connectivity index (χ0) is 15.2. The number of ether oxygens (including phenoxy) is 2. The topological polar surface area (TPSA) is 55.8 Å². The van der Waals surface area contributed by atoms with E-state index in [0.29, 0.717) is 31.5 Å². The summed E-state index contributed by atoms with van der Waals surface area (Å²) in [6.07, 6.45) is 0. The molecule has 4 nitrogen and oxygen atoms in total. The first-order valence-electron chi connectivity index (χ1n) is 7.05. The van der Waals surface area contributed by atoms with Gasteiger partial charge in [-0.15, -0.1) is 0 Å². The third kappa shape index (κ3) is 3.95. The van der Waals surface area contributed by atoms with Crippen molar-refractivity contribution in [3.63, 3.8) is 0 Å². The molecule has 0 bridgehead atoms. The van der Waals surface area contributed by atoms with Crippen LogP contribution in [0, 0.1) is 5.92 Å². The zero-order valence-corrected chi connectivity index (χ0v) is 12.3. The predicted octanol–water partition coefficient (Wildman–Crippen LogP) is 3.59. The number of aromatic carboxylic acids is 1. The van der Waals surface area contributed by atoms with E-state index in [0.717, 1.165) is 10.8 Å². The van der Waals surface area contributed by atoms with E-state index in [9.17, 15) is 9.90 Å². The molecule has 1 N–H and O–H groups in total. The lowest BCUT2D eigenvalue weighted by Gasteiger charge is -2.13. The Morgan fingerprint density at radius 3 is 2.62 bits per heavy atom. The number of fused-ring (bicyclic) bond motifs is 1. The predicted molar refractivity (Wildman–Crippen MR) is 82.1 cm³/mol. The van der Waals surface area contributed by atoms with Crippen LogP contribution < -0.4 is 4.74 Å². The van der Waals surface area contributed by atoms with Crippen molar-refractivity contribution in [2.45, 2.75) is 13.8 Å². The highest BCUT2D eigenvalue weighted by atomic mass is 16.5. The highest BCUT2D eigenvalue weighted by Gasteiger charge is 2.14. The number of rotatable bonds is 7. The summed E-state index contributed by atoms with van der Waals surface area (Å²) in [7, 11) is 0. The summed E-state index contributed by atoms with van der Waals surface area (Å²) >= 11 is 0. The van der Waals surface area contributed by atoms with Gasteiger partial charge in [-0.3, -0.25) is 0 Å². The molecule has 0 radical (unpaired) electrons. The van der Waals surface area contributed by atoms with Crippen molar-refractivity contribution >= 4 is 16.7 Å². The molecule has 2 rings (SSSR count). The molecule has 0 saturated carbocycles. The van der Waals surface area contributed by atoms with Crippen LogP contribution in [0.25, 0.3) is 10.8 Å². The Balaban J connectivity index is 2.16. The molecule has 0 heterocycles. The molecule has 0 fully saturated rings. The van der Waals surface area contributed by atoms with Gasteiger partial charge in [0.05, 0.1) is 6.61 Å². The van der Waals surface area contributed by atoms with Gasteiger partial charge in [0.25, 0.3) is 0 Å². The SMILES string of the molecule is CC(C)COCCOc1c(C(=O)O)ccc2ccccc12. The Bertz CT molecular complexity index is 619. The Hall–Kier alpha value is -2.07. The van der Waals surface area contributed by atoms with Gasteiger partial charge >= 0.3 is 5.97 Å². The van der Waals surface area contributed by atoms with Crippen LogP contribution in [0.2, 0.25) is 0 Å². The zero-order valence-electron chi connectivity index (χ0n) is 12.3. The van der Waals surface area contributed by atoms with Crippen molar-refractivity contribution in [1.82, 2.24) is 0 Å². The van der Waals surface area contributed by atoms with E-state index in [1.807, 2.05) is 24.3 Å². The van der Waals surface area contributed by atoms with E-state index in [2.05, 4.69) is 13.8 Å². The normalized spacial score (nSPS) is 11.0. The molecule has 112 valence electrons. The summed E-state index contributed by atoms with van der Waals surface area (Å²) in [5.74, 6) is -0.107. The fourth-order valence-electron chi connectivity index (χ4n) is 2.09. The Labute approximate surface area is 124 Å². The molecule has 2 aromatic rings. The Morgan fingerprint density at radius 2 is 1.90 bits per heavy atom. The van der Waals surface area contributed by atoms with Crippen LogP contribution in [0.4, 0.5) is 0 Å². The summed E-state index contributed by atoms with van der Waals surface area (Å²) in [6, 6.07) is 11.0. The van der Waals surface area contributed by atoms with Crippen molar-refractivity contribution in [2.24, 2.45) is 5.92 Å². The van der Waals surface area contributed by atoms with Gasteiger partial charge in [0.2, 0.25) is 0 Å². The standard InChI is InChI=1S/C17H20O4/c1-12(2)11-20-9-10-21-16-14-6-4-3-5-13(14)7-8-15(16)17(18)19/h3-8,12H,9-11H2,1-2H3,(H,18,19). The van der Waals surface area contributed by atoms with Gasteiger partial charge in [0.1, 0.15) is 17.9 Å². The molecule has 0 saturated heterocycles. The molecule has 0 atom stereocenters. The number of carbonyl (C=O) groups is 1. The fourth-order valence-corrected chi connectivity index (χ4v) is 2.09. The third-order valence-electron chi connectivity index (χ3n) is 3.04. The minimum Gasteiger partial charge on any atom is -0.490 e. The number of hydrogen-bond acceptors (Lipinski definition) is 3. The van der Waals surface area contributed by atoms with Crippen LogP contribution >= 0.6 is 0 Å². The summed E-state index contributed by atoms with van der Waals surface area (Å²) in [4.78, 5) is 11.3. The summed E-state index contributed by atoms with van der Waals surface area (Å²) in [5, 5.41) is 11.1. The molecule has 0 aliphatic heterocycles. The van der Waals surface area contributed by atoms with Crippen molar-refractivity contribution in [3.05, 3.63) is 42.0 Å². The van der Waals surface area contributed by atoms with E-state index < -0.39 is 5.97 Å². The first kappa shape index (κ1) is 15.3. The van der Waals surface area contributed by atoms with Gasteiger partial charge in [-0.2, -0.15) is 0 Å². The van der Waals surface area contributed by atoms with Gasteiger partial charge in [0.15, 0.2) is 0 Å². The highest BCUT2D eigenvalue weighted by molar-refractivity contribution is 6.00. The average molecular weight is 288 g/mol. The largest absolute Gasteiger partial charge is 0.490 e. The first-order valence-corrected chi connectivity index (χ1v) is 7.05. The first-order chi connectivity index (χ1) is 10.1. The summed E-state index contributed by atoms with van der Waals surface area (Å²) in [5.41, 5.74) is 0.178. The maximum Gasteiger partial charge on any atom is 0.339 e. The van der Waals surface area contributed by atoms with Crippen molar-refractivity contribution in [3.8, 4) is 5.75 Å². The van der Waals surface area contributed by atoms with Crippen molar-refractivity contribution < 1.29 is 19.4 Å². The second kappa shape index (κ2) is 7.09. The van der Waals surface area contributed by atoms with Crippen LogP contribution in [-0.4, -0.2) is 30.9 Å². The van der Waals surface area contributed by atoms with E-state index in [4.69, 9.17) is 9.47 Å². The van der Waals surface area contributed by atoms with Crippen molar-refractivity contribution in [1.29, 1.82) is 0 Å². The maximum absolute atomic E-state index is 11.3. The van der Waals surface area contributed by atoms with Gasteiger partial charge in [-0.25, -0.2) is 4.79 Å².